The molecule has 3 nitrogen and oxygen atoms in total. The number of hydrogen-bond acceptors (Lipinski definition) is 3. The van der Waals surface area contributed by atoms with Gasteiger partial charge >= 0.3 is 0 Å². The van der Waals surface area contributed by atoms with Gasteiger partial charge in [-0.05, 0) is 99.7 Å². The summed E-state index contributed by atoms with van der Waals surface area (Å²) in [7, 11) is 0. The van der Waals surface area contributed by atoms with E-state index in [1.54, 1.807) is 0 Å². The van der Waals surface area contributed by atoms with Gasteiger partial charge in [0.15, 0.2) is 0 Å². The van der Waals surface area contributed by atoms with Crippen LogP contribution in [0.15, 0.2) is 0 Å². The smallest absolute Gasteiger partial charge is 0.0494 e. The summed E-state index contributed by atoms with van der Waals surface area (Å²) in [6.07, 6.45) is 37.9. The van der Waals surface area contributed by atoms with E-state index in [0.29, 0.717) is 0 Å². The second-order valence-corrected chi connectivity index (χ2v) is 16.6. The Morgan fingerprint density at radius 3 is 0.867 bits per heavy atom. The van der Waals surface area contributed by atoms with Crippen molar-refractivity contribution in [1.82, 2.24) is 0 Å². The minimum Gasteiger partial charge on any atom is -0.381 e. The second-order valence-electron chi connectivity index (χ2n) is 16.6. The number of unbranched alkanes of at least 4 members (excludes halogenated alkanes) is 2. The monoisotopic (exact) mass is 631 g/mol. The lowest BCUT2D eigenvalue weighted by molar-refractivity contribution is 0.0842. The van der Waals surface area contributed by atoms with Gasteiger partial charge in [-0.15, -0.1) is 0 Å². The van der Waals surface area contributed by atoms with Crippen LogP contribution in [0.2, 0.25) is 0 Å². The third-order valence-electron chi connectivity index (χ3n) is 13.2. The summed E-state index contributed by atoms with van der Waals surface area (Å²) in [5, 5.41) is 0. The highest BCUT2D eigenvalue weighted by Gasteiger charge is 2.26. The Balaban J connectivity index is 0.881. The lowest BCUT2D eigenvalue weighted by Crippen LogP contribution is -2.20. The largest absolute Gasteiger partial charge is 0.381 e. The summed E-state index contributed by atoms with van der Waals surface area (Å²) in [6.45, 7) is 10.0. The van der Waals surface area contributed by atoms with Gasteiger partial charge in [-0.2, -0.15) is 0 Å². The molecule has 0 unspecified atom stereocenters. The molecule has 4 aliphatic carbocycles. The molecule has 0 atom stereocenters. The molecule has 4 fully saturated rings. The molecule has 264 valence electrons. The topological polar surface area (TPSA) is 27.7 Å². The van der Waals surface area contributed by atoms with E-state index in [9.17, 15) is 0 Å². The summed E-state index contributed by atoms with van der Waals surface area (Å²) >= 11 is 0. The minimum absolute atomic E-state index is 0.851. The lowest BCUT2D eigenvalue weighted by atomic mass is 9.75. The van der Waals surface area contributed by atoms with Crippen molar-refractivity contribution in [3.05, 3.63) is 0 Å². The number of ether oxygens (including phenoxy) is 3. The van der Waals surface area contributed by atoms with E-state index in [1.807, 2.05) is 0 Å². The van der Waals surface area contributed by atoms with Crippen LogP contribution in [-0.2, 0) is 14.2 Å². The summed E-state index contributed by atoms with van der Waals surface area (Å²) in [5.74, 6) is 7.82. The quantitative estimate of drug-likeness (QED) is 0.111. The van der Waals surface area contributed by atoms with E-state index in [-0.39, 0.29) is 0 Å². The predicted molar refractivity (Wildman–Crippen MR) is 192 cm³/mol. The summed E-state index contributed by atoms with van der Waals surface area (Å²) in [6, 6.07) is 0. The first-order chi connectivity index (χ1) is 22.2. The predicted octanol–water partition coefficient (Wildman–Crippen LogP) is 12.2. The summed E-state index contributed by atoms with van der Waals surface area (Å²) in [4.78, 5) is 0. The van der Waals surface area contributed by atoms with Crippen molar-refractivity contribution in [3.63, 3.8) is 0 Å². The van der Waals surface area contributed by atoms with E-state index in [4.69, 9.17) is 14.2 Å². The van der Waals surface area contributed by atoms with Gasteiger partial charge in [-0.1, -0.05) is 128 Å². The number of rotatable bonds is 22. The Bertz CT molecular complexity index is 620. The Morgan fingerprint density at radius 2 is 0.578 bits per heavy atom. The zero-order valence-electron chi connectivity index (χ0n) is 30.5. The van der Waals surface area contributed by atoms with Crippen LogP contribution in [0.3, 0.4) is 0 Å². The number of hydrogen-bond donors (Lipinski definition) is 0. The SMILES string of the molecule is CCOCC1CCC(CCC2CCC(CCCCOCCCCC3CCC(CCC4CCC(COCC)CC4)CC3)CC2)CC1. The molecule has 0 N–H and O–H groups in total. The molecule has 0 aromatic heterocycles. The molecule has 4 aliphatic rings. The fourth-order valence-corrected chi connectivity index (χ4v) is 9.88. The first kappa shape index (κ1) is 37.7. The normalized spacial score (nSPS) is 32.9. The summed E-state index contributed by atoms with van der Waals surface area (Å²) in [5.41, 5.74) is 0. The van der Waals surface area contributed by atoms with Gasteiger partial charge in [-0.3, -0.25) is 0 Å². The molecule has 0 radical (unpaired) electrons. The zero-order chi connectivity index (χ0) is 31.4. The van der Waals surface area contributed by atoms with Gasteiger partial charge < -0.3 is 14.2 Å². The van der Waals surface area contributed by atoms with Gasteiger partial charge in [0.05, 0.1) is 0 Å². The molecule has 4 rings (SSSR count). The maximum absolute atomic E-state index is 6.06. The maximum Gasteiger partial charge on any atom is 0.0494 e. The maximum atomic E-state index is 6.06. The fraction of sp³-hybridized carbons (Fsp3) is 1.00. The van der Waals surface area contributed by atoms with Crippen LogP contribution in [0.1, 0.15) is 181 Å². The molecule has 0 aromatic rings. The fourth-order valence-electron chi connectivity index (χ4n) is 9.88. The standard InChI is InChI=1S/C42H78O3/c1-3-43-33-41-27-23-39(24-28-41)21-19-37-15-11-35(12-16-37)9-5-7-31-45-32-8-6-10-36-13-17-38(18-14-36)20-22-40-25-29-42(30-26-40)34-44-4-2/h35-42H,3-34H2,1-2H3. The Hall–Kier alpha value is -0.120. The van der Waals surface area contributed by atoms with Crippen LogP contribution < -0.4 is 0 Å². The van der Waals surface area contributed by atoms with Crippen molar-refractivity contribution in [2.45, 2.75) is 181 Å². The van der Waals surface area contributed by atoms with Crippen LogP contribution in [0, 0.1) is 47.3 Å². The highest BCUT2D eigenvalue weighted by molar-refractivity contribution is 4.78. The first-order valence-corrected chi connectivity index (χ1v) is 20.9. The molecular weight excluding hydrogens is 552 g/mol. The van der Waals surface area contributed by atoms with E-state index in [1.165, 1.54) is 167 Å². The van der Waals surface area contributed by atoms with Crippen LogP contribution in [0.25, 0.3) is 0 Å². The van der Waals surface area contributed by atoms with Gasteiger partial charge in [0.1, 0.15) is 0 Å². The van der Waals surface area contributed by atoms with Crippen LogP contribution in [-0.4, -0.2) is 39.6 Å². The van der Waals surface area contributed by atoms with Crippen LogP contribution in [0.5, 0.6) is 0 Å². The molecule has 0 amide bonds. The molecule has 0 spiro atoms. The second kappa shape index (κ2) is 23.3. The molecule has 0 bridgehead atoms. The lowest BCUT2D eigenvalue weighted by Gasteiger charge is -2.32. The Kier molecular flexibility index (Phi) is 19.5. The van der Waals surface area contributed by atoms with Gasteiger partial charge in [-0.25, -0.2) is 0 Å². The van der Waals surface area contributed by atoms with Gasteiger partial charge in [0, 0.05) is 39.6 Å². The van der Waals surface area contributed by atoms with E-state index in [2.05, 4.69) is 13.8 Å². The molecular formula is C42H78O3. The van der Waals surface area contributed by atoms with Gasteiger partial charge in [0.25, 0.3) is 0 Å². The van der Waals surface area contributed by atoms with Crippen LogP contribution >= 0.6 is 0 Å². The average molecular weight is 631 g/mol. The van der Waals surface area contributed by atoms with Crippen molar-refractivity contribution >= 4 is 0 Å². The van der Waals surface area contributed by atoms with Crippen molar-refractivity contribution in [2.24, 2.45) is 47.3 Å². The zero-order valence-corrected chi connectivity index (χ0v) is 30.5. The molecule has 0 aromatic carbocycles. The molecule has 3 heteroatoms. The van der Waals surface area contributed by atoms with Crippen molar-refractivity contribution in [1.29, 1.82) is 0 Å². The summed E-state index contributed by atoms with van der Waals surface area (Å²) < 4.78 is 17.4. The molecule has 0 aliphatic heterocycles. The molecule has 45 heavy (non-hydrogen) atoms. The Labute approximate surface area is 281 Å². The third kappa shape index (κ3) is 15.8. The van der Waals surface area contributed by atoms with Crippen LogP contribution in [0.4, 0.5) is 0 Å². The van der Waals surface area contributed by atoms with Crippen molar-refractivity contribution in [3.8, 4) is 0 Å². The first-order valence-electron chi connectivity index (χ1n) is 20.9. The highest BCUT2D eigenvalue weighted by Crippen LogP contribution is 2.39. The van der Waals surface area contributed by atoms with Gasteiger partial charge in [0.2, 0.25) is 0 Å². The average Bonchev–Trinajstić information content (AvgIpc) is 3.09. The molecule has 0 saturated heterocycles. The van der Waals surface area contributed by atoms with Crippen molar-refractivity contribution < 1.29 is 14.2 Å². The van der Waals surface area contributed by atoms with E-state index in [0.717, 1.165) is 87.0 Å². The minimum atomic E-state index is 0.851. The highest BCUT2D eigenvalue weighted by atomic mass is 16.5. The Morgan fingerprint density at radius 1 is 0.311 bits per heavy atom. The molecule has 4 saturated carbocycles. The third-order valence-corrected chi connectivity index (χ3v) is 13.2. The molecule has 0 heterocycles. The van der Waals surface area contributed by atoms with E-state index >= 15 is 0 Å². The van der Waals surface area contributed by atoms with Crippen molar-refractivity contribution in [2.75, 3.05) is 39.6 Å². The van der Waals surface area contributed by atoms with E-state index < -0.39 is 0 Å².